The lowest BCUT2D eigenvalue weighted by Crippen LogP contribution is -2.46. The number of hydrogen-bond acceptors (Lipinski definition) is 7. The fraction of sp³-hybridized carbons (Fsp3) is 0.0750. The van der Waals surface area contributed by atoms with E-state index in [4.69, 9.17) is 9.47 Å². The van der Waals surface area contributed by atoms with Crippen molar-refractivity contribution in [1.82, 2.24) is 0 Å². The van der Waals surface area contributed by atoms with E-state index in [1.807, 2.05) is 54.6 Å². The van der Waals surface area contributed by atoms with Crippen LogP contribution in [0.3, 0.4) is 0 Å². The van der Waals surface area contributed by atoms with E-state index in [9.17, 15) is 10.5 Å². The van der Waals surface area contributed by atoms with E-state index in [2.05, 4.69) is 273 Å². The molecule has 0 saturated carbocycles. The maximum atomic E-state index is 12.3. The van der Waals surface area contributed by atoms with Crippen LogP contribution in [0.4, 0.5) is 39.8 Å². The van der Waals surface area contributed by atoms with Gasteiger partial charge in [-0.25, -0.2) is 0 Å². The summed E-state index contributed by atoms with van der Waals surface area (Å²) in [6.45, 7) is 9.01. The van der Waals surface area contributed by atoms with E-state index in [0.717, 1.165) is 106 Å². The zero-order valence-electron chi connectivity index (χ0n) is 48.5. The molecule has 0 aromatic heterocycles. The second kappa shape index (κ2) is 20.7. The van der Waals surface area contributed by atoms with Gasteiger partial charge in [0.25, 0.3) is 0 Å². The van der Waals surface area contributed by atoms with Crippen LogP contribution in [0.1, 0.15) is 49.9 Å². The molecule has 12 aromatic rings. The number of hydrogen-bond donors (Lipinski definition) is 0. The number of benzene rings is 12. The highest BCUT2D eigenvalue weighted by Gasteiger charge is 2.56. The molecule has 3 aliphatic rings. The molecule has 0 radical (unpaired) electrons. The van der Waals surface area contributed by atoms with Gasteiger partial charge in [-0.1, -0.05) is 212 Å². The summed E-state index contributed by atoms with van der Waals surface area (Å²) in [6, 6.07) is 99.8. The quantitative estimate of drug-likeness (QED) is 0.143. The summed E-state index contributed by atoms with van der Waals surface area (Å²) in [6.07, 6.45) is 0. The molecule has 0 unspecified atom stereocenters. The van der Waals surface area contributed by atoms with Crippen molar-refractivity contribution in [1.29, 1.82) is 10.5 Å². The van der Waals surface area contributed by atoms with Crippen molar-refractivity contribution in [2.45, 2.75) is 38.8 Å². The van der Waals surface area contributed by atoms with Gasteiger partial charge in [-0.05, 0) is 155 Å². The summed E-state index contributed by atoms with van der Waals surface area (Å²) in [5.41, 5.74) is 18.2. The average Bonchev–Trinajstić information content (AvgIpc) is 1.61. The molecule has 414 valence electrons. The molecule has 3 heterocycles. The van der Waals surface area contributed by atoms with Gasteiger partial charge in [0.1, 0.15) is 12.1 Å². The number of anilines is 7. The minimum Gasteiger partial charge on any atom is -0.453 e. The molecule has 0 N–H and O–H groups in total. The van der Waals surface area contributed by atoms with Crippen LogP contribution in [-0.4, -0.2) is 0 Å². The third kappa shape index (κ3) is 8.54. The van der Waals surface area contributed by atoms with Crippen molar-refractivity contribution in [2.75, 3.05) is 14.7 Å². The summed E-state index contributed by atoms with van der Waals surface area (Å²) in [7, 11) is 0. The molecule has 0 spiro atoms. The smallest absolute Gasteiger partial charge is 0.152 e. The maximum Gasteiger partial charge on any atom is 0.152 e. The van der Waals surface area contributed by atoms with Crippen LogP contribution in [0.25, 0.3) is 66.8 Å². The normalized spacial score (nSPS) is 13.8. The molecule has 0 bridgehead atoms. The van der Waals surface area contributed by atoms with E-state index in [-0.39, 0.29) is 11.1 Å². The molecule has 87 heavy (non-hydrogen) atoms. The zero-order valence-corrected chi connectivity index (χ0v) is 48.5. The van der Waals surface area contributed by atoms with Crippen LogP contribution < -0.4 is 24.2 Å². The summed E-state index contributed by atoms with van der Waals surface area (Å²) in [5, 5.41) is 24.7. The summed E-state index contributed by atoms with van der Waals surface area (Å²) < 4.78 is 14.4. The number of nitrogens with zero attached hydrogens (tertiary/aromatic N) is 5. The van der Waals surface area contributed by atoms with E-state index in [1.165, 1.54) is 0 Å². The highest BCUT2D eigenvalue weighted by Crippen LogP contribution is 2.66. The molecule has 0 aliphatic carbocycles. The van der Waals surface area contributed by atoms with Gasteiger partial charge in [0.05, 0.1) is 56.3 Å². The lowest BCUT2D eigenvalue weighted by Gasteiger charge is -2.44. The van der Waals surface area contributed by atoms with Gasteiger partial charge in [0.2, 0.25) is 0 Å². The predicted molar refractivity (Wildman–Crippen MR) is 353 cm³/mol. The van der Waals surface area contributed by atoms with Crippen LogP contribution >= 0.6 is 0 Å². The van der Waals surface area contributed by atoms with Gasteiger partial charge in [-0.15, -0.1) is 0 Å². The Morgan fingerprint density at radius 3 is 0.908 bits per heavy atom. The van der Waals surface area contributed by atoms with Gasteiger partial charge in [-0.3, -0.25) is 0 Å². The number of rotatable bonds is 9. The Bertz CT molecular complexity index is 4490. The van der Waals surface area contributed by atoms with Crippen LogP contribution in [0.5, 0.6) is 23.0 Å². The minimum atomic E-state index is -0.846. The summed E-state index contributed by atoms with van der Waals surface area (Å²) in [5.74, 6) is 2.45. The number of ether oxygens (including phenoxy) is 2. The average molecular weight is 1120 g/mol. The van der Waals surface area contributed by atoms with E-state index < -0.39 is 11.1 Å². The number of para-hydroxylation sites is 1. The van der Waals surface area contributed by atoms with Gasteiger partial charge in [0.15, 0.2) is 23.0 Å². The third-order valence-electron chi connectivity index (χ3n) is 17.6. The molecule has 0 fully saturated rings. The minimum absolute atomic E-state index is 0.235. The van der Waals surface area contributed by atoms with Gasteiger partial charge in [0, 0.05) is 16.8 Å². The Morgan fingerprint density at radius 2 is 0.575 bits per heavy atom. The van der Waals surface area contributed by atoms with Crippen molar-refractivity contribution in [3.63, 3.8) is 0 Å². The molecule has 15 rings (SSSR count). The lowest BCUT2D eigenvalue weighted by molar-refractivity contribution is 0.403. The first-order valence-corrected chi connectivity index (χ1v) is 29.4. The lowest BCUT2D eigenvalue weighted by atomic mass is 9.81. The van der Waals surface area contributed by atoms with Crippen LogP contribution in [0.15, 0.2) is 273 Å². The maximum absolute atomic E-state index is 12.3. The van der Waals surface area contributed by atoms with Crippen molar-refractivity contribution in [3.05, 3.63) is 295 Å². The first-order chi connectivity index (χ1) is 42.6. The second-order valence-corrected chi connectivity index (χ2v) is 23.4. The predicted octanol–water partition coefficient (Wildman–Crippen LogP) is 21.6. The summed E-state index contributed by atoms with van der Waals surface area (Å²) in [4.78, 5) is 6.87. The topological polar surface area (TPSA) is 75.8 Å². The fourth-order valence-corrected chi connectivity index (χ4v) is 14.0. The standard InChI is InChI=1S/C80H57N5O2/c1-79(2)75-76(80(3,4)85(79)60-32-18-9-19-33-60)78(84-68-43-39-57(53-26-12-6-13-27-53)47-72(68)87-74-49-59(41-45-70(74)84)64-37-23-21-35-62(64)55-30-16-8-17-31-55)66(51-82)65(50-81)77(75)83-67-42-38-56(52-24-10-5-11-25-52)46-71(67)86-73-48-58(40-44-69(73)83)63-36-22-20-34-61(63)54-28-14-7-15-29-54/h5-49H,1-4H3. The zero-order chi connectivity index (χ0) is 59.0. The van der Waals surface area contributed by atoms with Crippen molar-refractivity contribution < 1.29 is 9.47 Å². The van der Waals surface area contributed by atoms with Crippen LogP contribution in [0, 0.1) is 22.7 Å². The first-order valence-electron chi connectivity index (χ1n) is 29.4. The van der Waals surface area contributed by atoms with E-state index >= 15 is 0 Å². The number of nitriles is 2. The molecule has 0 amide bonds. The largest absolute Gasteiger partial charge is 0.453 e. The van der Waals surface area contributed by atoms with Crippen molar-refractivity contribution in [3.8, 4) is 102 Å². The second-order valence-electron chi connectivity index (χ2n) is 23.4. The van der Waals surface area contributed by atoms with Crippen LogP contribution in [0.2, 0.25) is 0 Å². The Labute approximate surface area is 507 Å². The van der Waals surface area contributed by atoms with Gasteiger partial charge < -0.3 is 24.2 Å². The Hall–Kier alpha value is -11.4. The molecule has 0 atom stereocenters. The highest BCUT2D eigenvalue weighted by atomic mass is 16.5. The Morgan fingerprint density at radius 1 is 0.299 bits per heavy atom. The first kappa shape index (κ1) is 52.4. The highest BCUT2D eigenvalue weighted by molar-refractivity contribution is 6.02. The summed E-state index contributed by atoms with van der Waals surface area (Å²) >= 11 is 0. The third-order valence-corrected chi connectivity index (χ3v) is 17.6. The fourth-order valence-electron chi connectivity index (χ4n) is 14.0. The monoisotopic (exact) mass is 1120 g/mol. The molecule has 12 aromatic carbocycles. The molecule has 0 saturated heterocycles. The van der Waals surface area contributed by atoms with Gasteiger partial charge >= 0.3 is 0 Å². The van der Waals surface area contributed by atoms with E-state index in [0.29, 0.717) is 34.4 Å². The molecular weight excluding hydrogens is 1060 g/mol. The van der Waals surface area contributed by atoms with Crippen molar-refractivity contribution >= 4 is 39.8 Å². The molecular formula is C80H57N5O2. The SMILES string of the molecule is CC1(C)c2c(N3c4ccc(-c5ccccc5)cc4Oc4cc(-c5ccccc5-c5ccccc5)ccc43)c(C#N)c(C#N)c(N3c4ccc(-c5ccccc5)cc4Oc4cc(-c5ccccc5-c5ccccc5)ccc43)c2C(C)(C)N1c1ccccc1. The van der Waals surface area contributed by atoms with Crippen molar-refractivity contribution in [2.24, 2.45) is 0 Å². The molecule has 3 aliphatic heterocycles. The molecule has 7 heteroatoms. The van der Waals surface area contributed by atoms with E-state index in [1.54, 1.807) is 0 Å². The Kier molecular flexibility index (Phi) is 12.5. The molecule has 7 nitrogen and oxygen atoms in total. The van der Waals surface area contributed by atoms with Crippen LogP contribution in [-0.2, 0) is 11.1 Å². The Balaban J connectivity index is 1.02. The number of fused-ring (bicyclic) bond motifs is 5. The van der Waals surface area contributed by atoms with Gasteiger partial charge in [-0.2, -0.15) is 10.5 Å².